The van der Waals surface area contributed by atoms with Crippen molar-refractivity contribution in [1.82, 2.24) is 14.0 Å². The molecule has 1 saturated heterocycles. The van der Waals surface area contributed by atoms with Crippen LogP contribution in [0, 0.1) is 11.3 Å². The molecule has 4 rings (SSSR count). The Balaban J connectivity index is 1.97. The SMILES string of the molecule is CN(C)C(=O)c1cc(N2CCC[C@@H](N)C2)c2c(c1)n(C)c(=O)n2Cc1ccccc1C#N. The Labute approximate surface area is 187 Å². The second-order valence-corrected chi connectivity index (χ2v) is 8.61. The fourth-order valence-electron chi connectivity index (χ4n) is 4.45. The van der Waals surface area contributed by atoms with Crippen LogP contribution in [0.2, 0.25) is 0 Å². The molecule has 166 valence electrons. The number of carbonyl (C=O) groups is 1. The van der Waals surface area contributed by atoms with Crippen LogP contribution in [0.4, 0.5) is 5.69 Å². The van der Waals surface area contributed by atoms with Gasteiger partial charge in [-0.3, -0.25) is 13.9 Å². The summed E-state index contributed by atoms with van der Waals surface area (Å²) in [5, 5.41) is 9.51. The first-order valence-electron chi connectivity index (χ1n) is 10.7. The summed E-state index contributed by atoms with van der Waals surface area (Å²) in [6.07, 6.45) is 1.90. The molecule has 0 radical (unpaired) electrons. The molecule has 8 heteroatoms. The highest BCUT2D eigenvalue weighted by Gasteiger charge is 2.25. The summed E-state index contributed by atoms with van der Waals surface area (Å²) in [6.45, 7) is 1.74. The average Bonchev–Trinajstić information content (AvgIpc) is 3.03. The molecule has 2 heterocycles. The number of fused-ring (bicyclic) bond motifs is 1. The van der Waals surface area contributed by atoms with Crippen molar-refractivity contribution in [3.8, 4) is 6.07 Å². The normalized spacial score (nSPS) is 16.2. The topological polar surface area (TPSA) is 100 Å². The number of hydrogen-bond acceptors (Lipinski definition) is 5. The molecule has 32 heavy (non-hydrogen) atoms. The Morgan fingerprint density at radius 1 is 1.28 bits per heavy atom. The van der Waals surface area contributed by atoms with E-state index in [9.17, 15) is 14.9 Å². The van der Waals surface area contributed by atoms with Crippen molar-refractivity contribution in [2.24, 2.45) is 12.8 Å². The highest BCUT2D eigenvalue weighted by atomic mass is 16.2. The lowest BCUT2D eigenvalue weighted by atomic mass is 10.0. The Hall–Kier alpha value is -3.57. The fraction of sp³-hybridized carbons (Fsp3) is 0.375. The number of rotatable bonds is 4. The smallest absolute Gasteiger partial charge is 0.329 e. The zero-order valence-corrected chi connectivity index (χ0v) is 18.7. The molecular formula is C24H28N6O2. The molecule has 1 fully saturated rings. The van der Waals surface area contributed by atoms with Gasteiger partial charge in [0.05, 0.1) is 34.9 Å². The molecule has 8 nitrogen and oxygen atoms in total. The van der Waals surface area contributed by atoms with Gasteiger partial charge in [0.2, 0.25) is 0 Å². The van der Waals surface area contributed by atoms with Crippen LogP contribution in [0.15, 0.2) is 41.2 Å². The van der Waals surface area contributed by atoms with Gasteiger partial charge in [0.15, 0.2) is 0 Å². The summed E-state index contributed by atoms with van der Waals surface area (Å²) in [5.41, 5.74) is 10.2. The third-order valence-electron chi connectivity index (χ3n) is 6.14. The lowest BCUT2D eigenvalue weighted by molar-refractivity contribution is 0.0827. The summed E-state index contributed by atoms with van der Waals surface area (Å²) < 4.78 is 3.27. The van der Waals surface area contributed by atoms with Crippen LogP contribution in [-0.4, -0.2) is 53.2 Å². The van der Waals surface area contributed by atoms with Gasteiger partial charge in [-0.05, 0) is 36.6 Å². The van der Waals surface area contributed by atoms with Crippen molar-refractivity contribution in [3.63, 3.8) is 0 Å². The molecule has 1 aromatic heterocycles. The lowest BCUT2D eigenvalue weighted by Crippen LogP contribution is -2.43. The monoisotopic (exact) mass is 432 g/mol. The first kappa shape index (κ1) is 21.7. The Bertz CT molecular complexity index is 1280. The lowest BCUT2D eigenvalue weighted by Gasteiger charge is -2.33. The van der Waals surface area contributed by atoms with Crippen LogP contribution in [0.25, 0.3) is 11.0 Å². The molecule has 0 spiro atoms. The number of benzene rings is 2. The highest BCUT2D eigenvalue weighted by molar-refractivity contribution is 6.01. The van der Waals surface area contributed by atoms with Gasteiger partial charge in [0, 0.05) is 45.8 Å². The van der Waals surface area contributed by atoms with Gasteiger partial charge in [-0.15, -0.1) is 0 Å². The molecule has 1 aliphatic heterocycles. The third kappa shape index (κ3) is 3.76. The van der Waals surface area contributed by atoms with Gasteiger partial charge in [0.1, 0.15) is 0 Å². The quantitative estimate of drug-likeness (QED) is 0.679. The van der Waals surface area contributed by atoms with E-state index >= 15 is 0 Å². The molecule has 2 aromatic carbocycles. The van der Waals surface area contributed by atoms with E-state index in [-0.39, 0.29) is 24.2 Å². The number of aromatic nitrogens is 2. The van der Waals surface area contributed by atoms with Crippen LogP contribution in [0.3, 0.4) is 0 Å². The first-order valence-corrected chi connectivity index (χ1v) is 10.7. The molecule has 0 bridgehead atoms. The Morgan fingerprint density at radius 3 is 2.72 bits per heavy atom. The van der Waals surface area contributed by atoms with Gasteiger partial charge >= 0.3 is 5.69 Å². The second-order valence-electron chi connectivity index (χ2n) is 8.61. The van der Waals surface area contributed by atoms with Gasteiger partial charge in [-0.25, -0.2) is 4.79 Å². The van der Waals surface area contributed by atoms with E-state index in [1.807, 2.05) is 24.3 Å². The summed E-state index contributed by atoms with van der Waals surface area (Å²) in [6, 6.07) is 13.2. The van der Waals surface area contributed by atoms with Crippen molar-refractivity contribution >= 4 is 22.6 Å². The zero-order valence-electron chi connectivity index (χ0n) is 18.7. The minimum atomic E-state index is -0.190. The second kappa shape index (κ2) is 8.52. The maximum absolute atomic E-state index is 13.3. The average molecular weight is 433 g/mol. The first-order chi connectivity index (χ1) is 15.3. The van der Waals surface area contributed by atoms with E-state index in [2.05, 4.69) is 11.0 Å². The molecule has 0 aliphatic carbocycles. The predicted octanol–water partition coefficient (Wildman–Crippen LogP) is 1.89. The van der Waals surface area contributed by atoms with Crippen molar-refractivity contribution in [2.45, 2.75) is 25.4 Å². The van der Waals surface area contributed by atoms with E-state index in [0.717, 1.165) is 36.2 Å². The number of anilines is 1. The largest absolute Gasteiger partial charge is 0.368 e. The number of hydrogen-bond donors (Lipinski definition) is 1. The molecule has 1 amide bonds. The van der Waals surface area contributed by atoms with Crippen molar-refractivity contribution in [1.29, 1.82) is 5.26 Å². The number of carbonyl (C=O) groups excluding carboxylic acids is 1. The number of nitrogens with zero attached hydrogens (tertiary/aromatic N) is 5. The standard InChI is InChI=1S/C24H28N6O2/c1-27(2)23(31)18-11-20-22(21(12-18)29-10-6-9-19(26)15-29)30(24(32)28(20)3)14-17-8-5-4-7-16(17)13-25/h4-5,7-8,11-12,19H,6,9-10,14-15,26H2,1-3H3/t19-/m1/s1. The minimum Gasteiger partial charge on any atom is -0.368 e. The predicted molar refractivity (Wildman–Crippen MR) is 125 cm³/mol. The third-order valence-corrected chi connectivity index (χ3v) is 6.14. The maximum Gasteiger partial charge on any atom is 0.329 e. The number of piperidine rings is 1. The van der Waals surface area contributed by atoms with E-state index in [0.29, 0.717) is 23.2 Å². The Kier molecular flexibility index (Phi) is 5.76. The maximum atomic E-state index is 13.3. The minimum absolute atomic E-state index is 0.0372. The number of nitriles is 1. The summed E-state index contributed by atoms with van der Waals surface area (Å²) >= 11 is 0. The number of aryl methyl sites for hydroxylation is 1. The van der Waals surface area contributed by atoms with Crippen LogP contribution in [0.5, 0.6) is 0 Å². The molecule has 1 atom stereocenters. The summed E-state index contributed by atoms with van der Waals surface area (Å²) in [4.78, 5) is 29.8. The van der Waals surface area contributed by atoms with Crippen molar-refractivity contribution in [3.05, 3.63) is 63.6 Å². The van der Waals surface area contributed by atoms with E-state index in [1.165, 1.54) is 4.90 Å². The molecule has 1 aliphatic rings. The molecule has 2 N–H and O–H groups in total. The fourth-order valence-corrected chi connectivity index (χ4v) is 4.45. The summed E-state index contributed by atoms with van der Waals surface area (Å²) in [5.74, 6) is -0.121. The van der Waals surface area contributed by atoms with E-state index < -0.39 is 0 Å². The van der Waals surface area contributed by atoms with Crippen molar-refractivity contribution < 1.29 is 4.79 Å². The van der Waals surface area contributed by atoms with E-state index in [4.69, 9.17) is 5.73 Å². The zero-order chi connectivity index (χ0) is 23.0. The van der Waals surface area contributed by atoms with Crippen molar-refractivity contribution in [2.75, 3.05) is 32.1 Å². The van der Waals surface area contributed by atoms with E-state index in [1.54, 1.807) is 42.4 Å². The Morgan fingerprint density at radius 2 is 2.03 bits per heavy atom. The molecular weight excluding hydrogens is 404 g/mol. The summed E-state index contributed by atoms with van der Waals surface area (Å²) in [7, 11) is 5.14. The van der Waals surface area contributed by atoms with Gasteiger partial charge in [-0.2, -0.15) is 5.26 Å². The van der Waals surface area contributed by atoms with Crippen LogP contribution < -0.4 is 16.3 Å². The van der Waals surface area contributed by atoms with Crippen LogP contribution >= 0.6 is 0 Å². The van der Waals surface area contributed by atoms with Crippen LogP contribution in [0.1, 0.15) is 34.3 Å². The highest BCUT2D eigenvalue weighted by Crippen LogP contribution is 2.31. The molecule has 3 aromatic rings. The molecule has 0 unspecified atom stereocenters. The van der Waals surface area contributed by atoms with Gasteiger partial charge in [0.25, 0.3) is 5.91 Å². The van der Waals surface area contributed by atoms with Crippen LogP contribution in [-0.2, 0) is 13.6 Å². The van der Waals surface area contributed by atoms with Gasteiger partial charge in [-0.1, -0.05) is 18.2 Å². The van der Waals surface area contributed by atoms with Gasteiger partial charge < -0.3 is 15.5 Å². The number of imidazole rings is 1. The number of amides is 1. The number of nitrogens with two attached hydrogens (primary N) is 1. The molecule has 0 saturated carbocycles.